The van der Waals surface area contributed by atoms with Gasteiger partial charge in [-0.15, -0.1) is 0 Å². The standard InChI is InChI=1S/C30H68O9S6Si3/c1-10-31-46(32-11-2,33-12-3)28(40,41)24-19-21-27(23-26-30(44,45)48(37-16-7,38-17-8)39-18-9)22-20-25-29(42,43)47(34-13-4,35-14-5)36-15-6/h27,40-45H,10-26H2,1-9H3. The van der Waals surface area contributed by atoms with Crippen molar-refractivity contribution in [2.24, 2.45) is 5.92 Å². The van der Waals surface area contributed by atoms with Crippen LogP contribution in [0.2, 0.25) is 0 Å². The fourth-order valence-electron chi connectivity index (χ4n) is 5.70. The third-order valence-corrected chi connectivity index (χ3v) is 23.6. The normalized spacial score (nSPS) is 14.0. The van der Waals surface area contributed by atoms with E-state index in [1.54, 1.807) is 0 Å². The van der Waals surface area contributed by atoms with Gasteiger partial charge >= 0.3 is 26.4 Å². The Bertz CT molecular complexity index is 742. The second-order valence-corrected chi connectivity index (χ2v) is 27.9. The molecule has 0 aromatic rings. The summed E-state index contributed by atoms with van der Waals surface area (Å²) in [6, 6.07) is 0. The molecule has 0 amide bonds. The third-order valence-electron chi connectivity index (χ3n) is 7.66. The fourth-order valence-corrected chi connectivity index (χ4v) is 17.7. The molecule has 0 saturated carbocycles. The van der Waals surface area contributed by atoms with Crippen molar-refractivity contribution in [3.8, 4) is 0 Å². The molecule has 0 radical (unpaired) electrons. The molecule has 0 bridgehead atoms. The van der Waals surface area contributed by atoms with Crippen LogP contribution in [0.3, 0.4) is 0 Å². The first-order valence-electron chi connectivity index (χ1n) is 17.7. The van der Waals surface area contributed by atoms with Crippen LogP contribution in [0.15, 0.2) is 0 Å². The van der Waals surface area contributed by atoms with Gasteiger partial charge in [-0.25, -0.2) is 0 Å². The van der Waals surface area contributed by atoms with Crippen LogP contribution in [-0.4, -0.2) is 97.0 Å². The molecule has 0 spiro atoms. The Kier molecular flexibility index (Phi) is 26.7. The summed E-state index contributed by atoms with van der Waals surface area (Å²) < 4.78 is 53.0. The van der Waals surface area contributed by atoms with Gasteiger partial charge < -0.3 is 39.8 Å². The molecular weight excluding hydrogens is 781 g/mol. The maximum atomic E-state index is 6.20. The Hall–Kier alpha value is 2.39. The molecule has 0 fully saturated rings. The Morgan fingerprint density at radius 1 is 0.354 bits per heavy atom. The Balaban J connectivity index is 6.21. The van der Waals surface area contributed by atoms with Gasteiger partial charge in [-0.05, 0) is 93.9 Å². The van der Waals surface area contributed by atoms with Gasteiger partial charge in [-0.2, -0.15) is 75.8 Å². The predicted molar refractivity (Wildman–Crippen MR) is 224 cm³/mol. The van der Waals surface area contributed by atoms with E-state index in [-0.39, 0.29) is 0 Å². The Morgan fingerprint density at radius 2 is 0.562 bits per heavy atom. The summed E-state index contributed by atoms with van der Waals surface area (Å²) in [5.41, 5.74) is 0. The van der Waals surface area contributed by atoms with E-state index in [0.29, 0.717) is 84.6 Å². The van der Waals surface area contributed by atoms with Gasteiger partial charge in [-0.1, -0.05) is 25.7 Å². The second-order valence-electron chi connectivity index (χ2n) is 11.2. The fraction of sp³-hybridized carbons (Fsp3) is 1.00. The lowest BCUT2D eigenvalue weighted by Gasteiger charge is -2.40. The molecule has 0 aliphatic rings. The van der Waals surface area contributed by atoms with Crippen LogP contribution in [0.25, 0.3) is 0 Å². The van der Waals surface area contributed by atoms with E-state index in [1.165, 1.54) is 0 Å². The van der Waals surface area contributed by atoms with Crippen LogP contribution < -0.4 is 0 Å². The molecule has 0 aliphatic heterocycles. The van der Waals surface area contributed by atoms with E-state index in [2.05, 4.69) is 0 Å². The molecule has 0 unspecified atom stereocenters. The molecular formula is C30H68O9S6Si3. The minimum atomic E-state index is -3.23. The van der Waals surface area contributed by atoms with Crippen molar-refractivity contribution >= 4 is 102 Å². The van der Waals surface area contributed by atoms with E-state index in [0.717, 1.165) is 32.1 Å². The Morgan fingerprint density at radius 3 is 0.771 bits per heavy atom. The van der Waals surface area contributed by atoms with Gasteiger partial charge in [0.1, 0.15) is 11.1 Å². The van der Waals surface area contributed by atoms with Crippen molar-refractivity contribution in [3.63, 3.8) is 0 Å². The molecule has 0 rings (SSSR count). The summed E-state index contributed by atoms with van der Waals surface area (Å²) in [5, 5.41) is 0. The molecule has 0 atom stereocenters. The van der Waals surface area contributed by atoms with Crippen molar-refractivity contribution in [1.82, 2.24) is 0 Å². The molecule has 0 heterocycles. The highest BCUT2D eigenvalue weighted by Gasteiger charge is 2.59. The average molecular weight is 850 g/mol. The minimum absolute atomic E-state index is 0.292. The maximum absolute atomic E-state index is 6.20. The van der Waals surface area contributed by atoms with E-state index < -0.39 is 37.5 Å². The topological polar surface area (TPSA) is 83.1 Å². The lowest BCUT2D eigenvalue weighted by atomic mass is 9.92. The monoisotopic (exact) mass is 848 g/mol. The van der Waals surface area contributed by atoms with Crippen molar-refractivity contribution in [2.75, 3.05) is 59.5 Å². The van der Waals surface area contributed by atoms with E-state index in [1.807, 2.05) is 62.3 Å². The lowest BCUT2D eigenvalue weighted by Crippen LogP contribution is -2.60. The summed E-state index contributed by atoms with van der Waals surface area (Å²) in [4.78, 5) is 0. The third kappa shape index (κ3) is 14.9. The first kappa shape index (κ1) is 50.4. The van der Waals surface area contributed by atoms with E-state index in [4.69, 9.17) is 116 Å². The van der Waals surface area contributed by atoms with Crippen LogP contribution in [0.5, 0.6) is 0 Å². The van der Waals surface area contributed by atoms with Crippen LogP contribution in [0, 0.1) is 5.92 Å². The van der Waals surface area contributed by atoms with Crippen LogP contribution in [-0.2, 0) is 39.8 Å². The number of thiol groups is 6. The highest BCUT2D eigenvalue weighted by atomic mass is 32.2. The molecule has 0 saturated heterocycles. The molecule has 290 valence electrons. The SMILES string of the molecule is CCO[Si](OCC)(OCC)C(S)(S)CCCC(CCCC(S)(S)[Si](OCC)(OCC)OCC)CCC(S)(S)[Si](OCC)(OCC)OCC. The Labute approximate surface area is 330 Å². The zero-order valence-corrected chi connectivity index (χ0v) is 39.3. The summed E-state index contributed by atoms with van der Waals surface area (Å²) >= 11 is 30.1. The summed E-state index contributed by atoms with van der Waals surface area (Å²) in [5.74, 6) is 0.292. The van der Waals surface area contributed by atoms with E-state index in [9.17, 15) is 0 Å². The second kappa shape index (κ2) is 25.5. The lowest BCUT2D eigenvalue weighted by molar-refractivity contribution is 0.0639. The van der Waals surface area contributed by atoms with Crippen LogP contribution >= 0.6 is 75.8 Å². The highest BCUT2D eigenvalue weighted by molar-refractivity contribution is 8.04. The van der Waals surface area contributed by atoms with Crippen molar-refractivity contribution < 1.29 is 39.8 Å². The average Bonchev–Trinajstić information content (AvgIpc) is 3.00. The van der Waals surface area contributed by atoms with Gasteiger partial charge in [0.15, 0.2) is 0 Å². The minimum Gasteiger partial charge on any atom is -0.372 e. The summed E-state index contributed by atoms with van der Waals surface area (Å²) in [7, 11) is -9.60. The molecule has 0 aromatic carbocycles. The molecule has 18 heteroatoms. The molecule has 9 nitrogen and oxygen atoms in total. The van der Waals surface area contributed by atoms with Crippen molar-refractivity contribution in [2.45, 2.75) is 125 Å². The van der Waals surface area contributed by atoms with Gasteiger partial charge in [0.05, 0.1) is 0 Å². The summed E-state index contributed by atoms with van der Waals surface area (Å²) in [6.07, 6.45) is 6.20. The van der Waals surface area contributed by atoms with Crippen LogP contribution in [0.4, 0.5) is 0 Å². The molecule has 0 aliphatic carbocycles. The smallest absolute Gasteiger partial charge is 0.372 e. The van der Waals surface area contributed by atoms with Gasteiger partial charge in [0.25, 0.3) is 0 Å². The van der Waals surface area contributed by atoms with Crippen LogP contribution in [0.1, 0.15) is 114 Å². The molecule has 0 aromatic heterocycles. The highest BCUT2D eigenvalue weighted by Crippen LogP contribution is 2.44. The van der Waals surface area contributed by atoms with Gasteiger partial charge in [0.2, 0.25) is 0 Å². The number of hydrogen-bond donors (Lipinski definition) is 6. The van der Waals surface area contributed by atoms with E-state index >= 15 is 0 Å². The zero-order valence-electron chi connectivity index (χ0n) is 31.0. The number of hydrogen-bond acceptors (Lipinski definition) is 15. The quantitative estimate of drug-likeness (QED) is 0.0229. The molecule has 0 N–H and O–H groups in total. The number of rotatable bonds is 32. The van der Waals surface area contributed by atoms with Gasteiger partial charge in [-0.3, -0.25) is 0 Å². The largest absolute Gasteiger partial charge is 0.527 e. The molecule has 48 heavy (non-hydrogen) atoms. The van der Waals surface area contributed by atoms with Crippen molar-refractivity contribution in [1.29, 1.82) is 0 Å². The predicted octanol–water partition coefficient (Wildman–Crippen LogP) is 8.15. The zero-order chi connectivity index (χ0) is 37.0. The van der Waals surface area contributed by atoms with Gasteiger partial charge in [0, 0.05) is 59.5 Å². The summed E-state index contributed by atoms with van der Waals surface area (Å²) in [6.45, 7) is 21.6. The van der Waals surface area contributed by atoms with Crippen molar-refractivity contribution in [3.05, 3.63) is 0 Å². The first-order chi connectivity index (χ1) is 22.6. The first-order valence-corrected chi connectivity index (χ1v) is 25.5. The maximum Gasteiger partial charge on any atom is 0.527 e.